The van der Waals surface area contributed by atoms with Crippen molar-refractivity contribution < 1.29 is 23.8 Å². The second kappa shape index (κ2) is 9.15. The van der Waals surface area contributed by atoms with Crippen LogP contribution >= 0.6 is 0 Å². The molecule has 0 amide bonds. The summed E-state index contributed by atoms with van der Waals surface area (Å²) in [6.07, 6.45) is 0.915. The predicted molar refractivity (Wildman–Crippen MR) is 44.3 cm³/mol. The third kappa shape index (κ3) is 8.97. The molecule has 0 aromatic rings. The molecule has 0 aromatic heterocycles. The maximum Gasteiger partial charge on any atom is 0.307 e. The van der Waals surface area contributed by atoms with Gasteiger partial charge in [0.15, 0.2) is 0 Å². The van der Waals surface area contributed by atoms with Crippen LogP contribution in [0.25, 0.3) is 0 Å². The van der Waals surface area contributed by atoms with Gasteiger partial charge in [-0.05, 0) is 0 Å². The van der Waals surface area contributed by atoms with Gasteiger partial charge in [0.25, 0.3) is 0 Å². The Labute approximate surface area is 77.0 Å². The van der Waals surface area contributed by atoms with Gasteiger partial charge in [0.1, 0.15) is 12.9 Å². The van der Waals surface area contributed by atoms with Crippen LogP contribution in [0.15, 0.2) is 0 Å². The third-order valence-corrected chi connectivity index (χ3v) is 1.24. The van der Waals surface area contributed by atoms with Crippen molar-refractivity contribution in [3.63, 3.8) is 0 Å². The van der Waals surface area contributed by atoms with E-state index in [0.717, 1.165) is 0 Å². The second-order valence-corrected chi connectivity index (χ2v) is 2.18. The van der Waals surface area contributed by atoms with E-state index >= 15 is 0 Å². The van der Waals surface area contributed by atoms with Crippen molar-refractivity contribution in [3.05, 3.63) is 0 Å². The van der Waals surface area contributed by atoms with Gasteiger partial charge < -0.3 is 19.0 Å². The molecule has 0 unspecified atom stereocenters. The lowest BCUT2D eigenvalue weighted by atomic mass is 10.5. The van der Waals surface area contributed by atoms with Crippen LogP contribution in [0.1, 0.15) is 6.42 Å². The van der Waals surface area contributed by atoms with Crippen molar-refractivity contribution in [1.29, 1.82) is 0 Å². The Morgan fingerprint density at radius 2 is 1.92 bits per heavy atom. The van der Waals surface area contributed by atoms with E-state index in [1.807, 2.05) is 0 Å². The normalized spacial score (nSPS) is 9.62. The quantitative estimate of drug-likeness (QED) is 0.301. The fourth-order valence-corrected chi connectivity index (χ4v) is 0.609. The van der Waals surface area contributed by atoms with Crippen LogP contribution in [0, 0.1) is 0 Å². The highest BCUT2D eigenvalue weighted by Gasteiger charge is 1.98. The fourth-order valence-electron chi connectivity index (χ4n) is 0.609. The highest BCUT2D eigenvalue weighted by molar-refractivity contribution is 5.69. The number of aldehydes is 1. The van der Waals surface area contributed by atoms with Crippen LogP contribution in [0.4, 0.5) is 0 Å². The van der Waals surface area contributed by atoms with Crippen molar-refractivity contribution in [3.8, 4) is 0 Å². The molecule has 5 nitrogen and oxygen atoms in total. The maximum absolute atomic E-state index is 10.6. The van der Waals surface area contributed by atoms with Crippen LogP contribution in [0.5, 0.6) is 0 Å². The minimum atomic E-state index is -0.297. The first kappa shape index (κ1) is 12.1. The Morgan fingerprint density at radius 3 is 2.54 bits per heavy atom. The zero-order valence-electron chi connectivity index (χ0n) is 7.65. The number of methoxy groups -OCH3 is 1. The fraction of sp³-hybridized carbons (Fsp3) is 0.750. The van der Waals surface area contributed by atoms with Crippen LogP contribution < -0.4 is 0 Å². The van der Waals surface area contributed by atoms with E-state index in [4.69, 9.17) is 9.47 Å². The molecule has 0 aliphatic heterocycles. The van der Waals surface area contributed by atoms with Gasteiger partial charge in [-0.1, -0.05) is 0 Å². The number of carbonyl (C=O) groups excluding carboxylic acids is 2. The molecule has 0 saturated heterocycles. The third-order valence-electron chi connectivity index (χ3n) is 1.24. The summed E-state index contributed by atoms with van der Waals surface area (Å²) in [5.74, 6) is -0.297. The SMILES string of the molecule is COC(=O)CCOCCOCC=O. The molecular formula is C8H14O5. The Bertz CT molecular complexity index is 145. The molecule has 76 valence electrons. The molecule has 0 fully saturated rings. The lowest BCUT2D eigenvalue weighted by Crippen LogP contribution is -2.10. The zero-order chi connectivity index (χ0) is 9.94. The van der Waals surface area contributed by atoms with Crippen LogP contribution in [-0.2, 0) is 23.8 Å². The van der Waals surface area contributed by atoms with Crippen LogP contribution in [0.2, 0.25) is 0 Å². The summed E-state index contributed by atoms with van der Waals surface area (Å²) in [6, 6.07) is 0. The van der Waals surface area contributed by atoms with Gasteiger partial charge in [-0.3, -0.25) is 4.79 Å². The zero-order valence-corrected chi connectivity index (χ0v) is 7.65. The van der Waals surface area contributed by atoms with Gasteiger partial charge in [-0.2, -0.15) is 0 Å². The molecule has 0 aliphatic rings. The summed E-state index contributed by atoms with van der Waals surface area (Å²) < 4.78 is 14.2. The van der Waals surface area contributed by atoms with E-state index in [9.17, 15) is 9.59 Å². The first-order valence-corrected chi connectivity index (χ1v) is 3.97. The molecule has 0 aliphatic carbocycles. The molecule has 0 radical (unpaired) electrons. The Hall–Kier alpha value is -0.940. The van der Waals surface area contributed by atoms with Gasteiger partial charge in [0, 0.05) is 0 Å². The van der Waals surface area contributed by atoms with Crippen molar-refractivity contribution in [1.82, 2.24) is 0 Å². The van der Waals surface area contributed by atoms with E-state index < -0.39 is 0 Å². The Balaban J connectivity index is 2.99. The van der Waals surface area contributed by atoms with E-state index in [1.165, 1.54) is 7.11 Å². The van der Waals surface area contributed by atoms with Gasteiger partial charge in [0.05, 0.1) is 33.4 Å². The van der Waals surface area contributed by atoms with Crippen molar-refractivity contribution >= 4 is 12.3 Å². The summed E-state index contributed by atoms with van der Waals surface area (Å²) in [5, 5.41) is 0. The molecule has 0 N–H and O–H groups in total. The van der Waals surface area contributed by atoms with E-state index in [2.05, 4.69) is 4.74 Å². The molecular weight excluding hydrogens is 176 g/mol. The molecule has 13 heavy (non-hydrogen) atoms. The summed E-state index contributed by atoms with van der Waals surface area (Å²) in [7, 11) is 1.33. The highest BCUT2D eigenvalue weighted by Crippen LogP contribution is 1.86. The summed E-state index contributed by atoms with van der Waals surface area (Å²) in [4.78, 5) is 20.4. The standard InChI is InChI=1S/C8H14O5/c1-11-8(10)2-4-12-6-7-13-5-3-9/h3H,2,4-7H2,1H3. The number of hydrogen-bond acceptors (Lipinski definition) is 5. The lowest BCUT2D eigenvalue weighted by molar-refractivity contribution is -0.141. The maximum atomic E-state index is 10.6. The topological polar surface area (TPSA) is 61.8 Å². The smallest absolute Gasteiger partial charge is 0.307 e. The minimum absolute atomic E-state index is 0.0837. The van der Waals surface area contributed by atoms with Crippen molar-refractivity contribution in [2.24, 2.45) is 0 Å². The van der Waals surface area contributed by atoms with E-state index in [0.29, 0.717) is 26.1 Å². The summed E-state index contributed by atoms with van der Waals surface area (Å²) in [5.41, 5.74) is 0. The van der Waals surface area contributed by atoms with Gasteiger partial charge in [0.2, 0.25) is 0 Å². The van der Waals surface area contributed by atoms with Crippen LogP contribution in [0.3, 0.4) is 0 Å². The van der Waals surface area contributed by atoms with Gasteiger partial charge >= 0.3 is 5.97 Å². The van der Waals surface area contributed by atoms with Gasteiger partial charge in [-0.25, -0.2) is 0 Å². The Morgan fingerprint density at radius 1 is 1.23 bits per heavy atom. The average molecular weight is 190 g/mol. The largest absolute Gasteiger partial charge is 0.469 e. The second-order valence-electron chi connectivity index (χ2n) is 2.18. The number of esters is 1. The summed E-state index contributed by atoms with van der Waals surface area (Å²) >= 11 is 0. The highest BCUT2D eigenvalue weighted by atomic mass is 16.5. The molecule has 0 heterocycles. The molecule has 0 spiro atoms. The Kier molecular flexibility index (Phi) is 8.49. The predicted octanol–water partition coefficient (Wildman–Crippen LogP) is -0.218. The molecule has 5 heteroatoms. The molecule has 0 aromatic carbocycles. The molecule has 0 atom stereocenters. The number of hydrogen-bond donors (Lipinski definition) is 0. The molecule has 0 saturated carbocycles. The number of rotatable bonds is 8. The average Bonchev–Trinajstić information content (AvgIpc) is 2.16. The molecule has 0 bridgehead atoms. The number of carbonyl (C=O) groups is 2. The monoisotopic (exact) mass is 190 g/mol. The first-order chi connectivity index (χ1) is 6.31. The van der Waals surface area contributed by atoms with E-state index in [-0.39, 0.29) is 19.0 Å². The van der Waals surface area contributed by atoms with Gasteiger partial charge in [-0.15, -0.1) is 0 Å². The minimum Gasteiger partial charge on any atom is -0.469 e. The first-order valence-electron chi connectivity index (χ1n) is 3.97. The summed E-state index contributed by atoms with van der Waals surface area (Å²) in [6.45, 7) is 1.14. The number of ether oxygens (including phenoxy) is 3. The van der Waals surface area contributed by atoms with Crippen LogP contribution in [-0.4, -0.2) is 45.8 Å². The van der Waals surface area contributed by atoms with Crippen molar-refractivity contribution in [2.45, 2.75) is 6.42 Å². The molecule has 0 rings (SSSR count). The lowest BCUT2D eigenvalue weighted by Gasteiger charge is -2.02. The van der Waals surface area contributed by atoms with E-state index in [1.54, 1.807) is 0 Å². The van der Waals surface area contributed by atoms with Crippen molar-refractivity contribution in [2.75, 3.05) is 33.5 Å².